The minimum absolute atomic E-state index is 0.848. The number of carbonyl (C=O) groups excluding carboxylic acids is 5. The first-order valence-electron chi connectivity index (χ1n) is 8.38. The lowest BCUT2D eigenvalue weighted by molar-refractivity contribution is -0.234. The molecule has 13 nitrogen and oxygen atoms in total. The van der Waals surface area contributed by atoms with Crippen molar-refractivity contribution >= 4 is 29.8 Å². The highest BCUT2D eigenvalue weighted by atomic mass is 16.6. The summed E-state index contributed by atoms with van der Waals surface area (Å²) in [7, 11) is 0. The molecule has 0 aromatic rings. The molecule has 160 valence electrons. The lowest BCUT2D eigenvalue weighted by Crippen LogP contribution is -2.67. The summed E-state index contributed by atoms with van der Waals surface area (Å²) in [5.41, 5.74) is 8.95. The fourth-order valence-corrected chi connectivity index (χ4v) is 2.96. The van der Waals surface area contributed by atoms with Crippen LogP contribution in [0.2, 0.25) is 0 Å². The summed E-state index contributed by atoms with van der Waals surface area (Å²) in [5.74, 6) is -4.25. The second-order valence-electron chi connectivity index (χ2n) is 6.07. The SMILES string of the molecule is CC(=O)OC1C(N=[N+]=[N-])C(OC(C)=O)C(OC(C)=O)C(OC(C)=O)C1OC(C)=O. The Balaban J connectivity index is 3.66. The predicted octanol–water partition coefficient (Wildman–Crippen LogP) is 0.337. The Labute approximate surface area is 165 Å². The number of azide groups is 1. The van der Waals surface area contributed by atoms with Crippen LogP contribution in [0.1, 0.15) is 34.6 Å². The Morgan fingerprint density at radius 3 is 1.07 bits per heavy atom. The summed E-state index contributed by atoms with van der Waals surface area (Å²) in [6.07, 6.45) is -7.58. The number of rotatable bonds is 6. The summed E-state index contributed by atoms with van der Waals surface area (Å²) < 4.78 is 25.7. The Morgan fingerprint density at radius 1 is 0.586 bits per heavy atom. The minimum Gasteiger partial charge on any atom is -0.458 e. The molecule has 1 aliphatic carbocycles. The van der Waals surface area contributed by atoms with E-state index < -0.39 is 66.4 Å². The molecule has 0 spiro atoms. The van der Waals surface area contributed by atoms with Crippen molar-refractivity contribution in [3.63, 3.8) is 0 Å². The molecule has 0 aliphatic heterocycles. The average molecular weight is 415 g/mol. The van der Waals surface area contributed by atoms with Gasteiger partial charge in [0.05, 0.1) is 0 Å². The van der Waals surface area contributed by atoms with Crippen LogP contribution in [0.25, 0.3) is 10.4 Å². The highest BCUT2D eigenvalue weighted by molar-refractivity contribution is 5.70. The van der Waals surface area contributed by atoms with Gasteiger partial charge in [-0.3, -0.25) is 24.0 Å². The maximum absolute atomic E-state index is 11.6. The van der Waals surface area contributed by atoms with Gasteiger partial charge in [0.1, 0.15) is 6.04 Å². The zero-order chi connectivity index (χ0) is 22.3. The molecule has 0 aromatic carbocycles. The Hall–Kier alpha value is -3.34. The van der Waals surface area contributed by atoms with E-state index in [4.69, 9.17) is 29.2 Å². The number of carbonyl (C=O) groups is 5. The van der Waals surface area contributed by atoms with E-state index in [9.17, 15) is 24.0 Å². The van der Waals surface area contributed by atoms with Gasteiger partial charge in [0, 0.05) is 39.5 Å². The molecule has 1 rings (SSSR count). The van der Waals surface area contributed by atoms with Crippen LogP contribution in [0, 0.1) is 0 Å². The van der Waals surface area contributed by atoms with Crippen LogP contribution in [0.3, 0.4) is 0 Å². The van der Waals surface area contributed by atoms with Gasteiger partial charge >= 0.3 is 29.8 Å². The molecule has 4 unspecified atom stereocenters. The molecule has 1 fully saturated rings. The van der Waals surface area contributed by atoms with Crippen molar-refractivity contribution in [3.05, 3.63) is 10.4 Å². The molecule has 4 atom stereocenters. The Bertz CT molecular complexity index is 688. The second-order valence-corrected chi connectivity index (χ2v) is 6.07. The van der Waals surface area contributed by atoms with Crippen molar-refractivity contribution in [2.24, 2.45) is 5.11 Å². The third-order valence-corrected chi connectivity index (χ3v) is 3.66. The molecule has 0 saturated heterocycles. The van der Waals surface area contributed by atoms with E-state index in [1.54, 1.807) is 0 Å². The van der Waals surface area contributed by atoms with Crippen molar-refractivity contribution in [1.82, 2.24) is 0 Å². The van der Waals surface area contributed by atoms with Gasteiger partial charge in [-0.2, -0.15) is 0 Å². The van der Waals surface area contributed by atoms with Gasteiger partial charge in [-0.05, 0) is 5.53 Å². The van der Waals surface area contributed by atoms with Gasteiger partial charge in [0.15, 0.2) is 30.5 Å². The van der Waals surface area contributed by atoms with E-state index in [1.165, 1.54) is 0 Å². The number of ether oxygens (including phenoxy) is 5. The highest BCUT2D eigenvalue weighted by Gasteiger charge is 2.58. The van der Waals surface area contributed by atoms with Crippen molar-refractivity contribution in [1.29, 1.82) is 0 Å². The fourth-order valence-electron chi connectivity index (χ4n) is 2.96. The molecule has 0 aromatic heterocycles. The van der Waals surface area contributed by atoms with Crippen LogP contribution >= 0.6 is 0 Å². The highest BCUT2D eigenvalue weighted by Crippen LogP contribution is 2.34. The number of hydrogen-bond acceptors (Lipinski definition) is 11. The third-order valence-electron chi connectivity index (χ3n) is 3.66. The molecule has 0 amide bonds. The molecular weight excluding hydrogens is 394 g/mol. The van der Waals surface area contributed by atoms with Crippen LogP contribution in [-0.4, -0.2) is 66.4 Å². The van der Waals surface area contributed by atoms with Gasteiger partial charge in [0.2, 0.25) is 0 Å². The zero-order valence-electron chi connectivity index (χ0n) is 16.4. The summed E-state index contributed by atoms with van der Waals surface area (Å²) >= 11 is 0. The topological polar surface area (TPSA) is 180 Å². The van der Waals surface area contributed by atoms with E-state index in [1.807, 2.05) is 0 Å². The molecule has 29 heavy (non-hydrogen) atoms. The van der Waals surface area contributed by atoms with Crippen molar-refractivity contribution in [3.8, 4) is 0 Å². The molecule has 0 heterocycles. The maximum Gasteiger partial charge on any atom is 0.303 e. The predicted molar refractivity (Wildman–Crippen MR) is 90.7 cm³/mol. The first kappa shape index (κ1) is 23.7. The molecule has 1 saturated carbocycles. The largest absolute Gasteiger partial charge is 0.458 e. The van der Waals surface area contributed by atoms with Crippen molar-refractivity contribution in [2.75, 3.05) is 0 Å². The Morgan fingerprint density at radius 2 is 0.828 bits per heavy atom. The second kappa shape index (κ2) is 10.3. The van der Waals surface area contributed by atoms with Crippen LogP contribution in [0.5, 0.6) is 0 Å². The maximum atomic E-state index is 11.6. The van der Waals surface area contributed by atoms with E-state index >= 15 is 0 Å². The average Bonchev–Trinajstić information content (AvgIpc) is 2.55. The molecule has 0 N–H and O–H groups in total. The van der Waals surface area contributed by atoms with Gasteiger partial charge < -0.3 is 23.7 Å². The molecule has 1 aliphatic rings. The van der Waals surface area contributed by atoms with Crippen molar-refractivity contribution < 1.29 is 47.7 Å². The van der Waals surface area contributed by atoms with Gasteiger partial charge in [0.25, 0.3) is 0 Å². The summed E-state index contributed by atoms with van der Waals surface area (Å²) in [4.78, 5) is 60.8. The van der Waals surface area contributed by atoms with Crippen LogP contribution in [-0.2, 0) is 47.7 Å². The summed E-state index contributed by atoms with van der Waals surface area (Å²) in [5, 5.41) is 3.48. The smallest absolute Gasteiger partial charge is 0.303 e. The molecule has 0 bridgehead atoms. The summed E-state index contributed by atoms with van der Waals surface area (Å²) in [6, 6.07) is -1.46. The fraction of sp³-hybridized carbons (Fsp3) is 0.688. The van der Waals surface area contributed by atoms with Crippen LogP contribution < -0.4 is 0 Å². The first-order valence-corrected chi connectivity index (χ1v) is 8.38. The molecule has 13 heteroatoms. The van der Waals surface area contributed by atoms with E-state index in [0.29, 0.717) is 0 Å². The minimum atomic E-state index is -1.53. The lowest BCUT2D eigenvalue weighted by Gasteiger charge is -2.46. The first-order chi connectivity index (χ1) is 13.5. The normalized spacial score (nSPS) is 28.2. The molecular formula is C16H21N3O10. The van der Waals surface area contributed by atoms with E-state index in [-0.39, 0.29) is 0 Å². The number of esters is 5. The van der Waals surface area contributed by atoms with Crippen LogP contribution in [0.15, 0.2) is 5.11 Å². The van der Waals surface area contributed by atoms with Gasteiger partial charge in [-0.25, -0.2) is 0 Å². The monoisotopic (exact) mass is 415 g/mol. The standard InChI is InChI=1S/C16H21N3O10/c1-6(20)25-12-11(18-19-17)13(26-7(2)21)15(28-9(4)23)16(29-10(5)24)14(12)27-8(3)22/h11-16H,1-5H3. The lowest BCUT2D eigenvalue weighted by atomic mass is 9.82. The number of hydrogen-bond donors (Lipinski definition) is 0. The van der Waals surface area contributed by atoms with Crippen molar-refractivity contribution in [2.45, 2.75) is 71.2 Å². The zero-order valence-corrected chi connectivity index (χ0v) is 16.4. The number of nitrogens with zero attached hydrogens (tertiary/aromatic N) is 3. The Kier molecular flexibility index (Phi) is 8.39. The van der Waals surface area contributed by atoms with Gasteiger partial charge in [-0.1, -0.05) is 5.11 Å². The van der Waals surface area contributed by atoms with E-state index in [0.717, 1.165) is 34.6 Å². The van der Waals surface area contributed by atoms with Crippen LogP contribution in [0.4, 0.5) is 0 Å². The quantitative estimate of drug-likeness (QED) is 0.193. The summed E-state index contributed by atoms with van der Waals surface area (Å²) in [6.45, 7) is 5.20. The van der Waals surface area contributed by atoms with Gasteiger partial charge in [-0.15, -0.1) is 0 Å². The third kappa shape index (κ3) is 6.64. The van der Waals surface area contributed by atoms with E-state index in [2.05, 4.69) is 10.0 Å². The molecule has 0 radical (unpaired) electrons.